The highest BCUT2D eigenvalue weighted by Gasteiger charge is 2.45. The second-order valence-corrected chi connectivity index (χ2v) is 9.47. The number of carbonyl (C=O) groups is 2. The van der Waals surface area contributed by atoms with E-state index in [1.165, 1.54) is 0 Å². The van der Waals surface area contributed by atoms with Crippen molar-refractivity contribution in [2.24, 2.45) is 0 Å². The number of hydrogen-bond donors (Lipinski definition) is 1. The van der Waals surface area contributed by atoms with E-state index in [4.69, 9.17) is 9.97 Å². The SMILES string of the molecule is CNc1cc(CN(C)C(C)=O)nc([C@@H]2CCCN(C(=O)C3(c4ccccc4)CCCC3)C2)n1. The Morgan fingerprint density at radius 2 is 1.88 bits per heavy atom. The van der Waals surface area contributed by atoms with Crippen LogP contribution in [0, 0.1) is 0 Å². The molecule has 2 aromatic rings. The summed E-state index contributed by atoms with van der Waals surface area (Å²) in [5.41, 5.74) is 1.56. The molecule has 7 heteroatoms. The summed E-state index contributed by atoms with van der Waals surface area (Å²) in [4.78, 5) is 38.9. The third-order valence-corrected chi connectivity index (χ3v) is 7.26. The number of likely N-dealkylation sites (tertiary alicyclic amines) is 1. The van der Waals surface area contributed by atoms with Crippen molar-refractivity contribution in [1.29, 1.82) is 0 Å². The first kappa shape index (κ1) is 23.2. The molecule has 1 saturated carbocycles. The van der Waals surface area contributed by atoms with Gasteiger partial charge in [-0.3, -0.25) is 9.59 Å². The number of amides is 2. The predicted molar refractivity (Wildman–Crippen MR) is 129 cm³/mol. The third kappa shape index (κ3) is 4.87. The highest BCUT2D eigenvalue weighted by molar-refractivity contribution is 5.88. The van der Waals surface area contributed by atoms with Crippen molar-refractivity contribution in [3.63, 3.8) is 0 Å². The molecule has 2 amide bonds. The van der Waals surface area contributed by atoms with Gasteiger partial charge in [0, 0.05) is 46.1 Å². The van der Waals surface area contributed by atoms with Crippen LogP contribution in [0.25, 0.3) is 0 Å². The van der Waals surface area contributed by atoms with Crippen LogP contribution < -0.4 is 5.32 Å². The molecule has 0 unspecified atom stereocenters. The van der Waals surface area contributed by atoms with Crippen molar-refractivity contribution in [2.75, 3.05) is 32.5 Å². The van der Waals surface area contributed by atoms with Gasteiger partial charge in [-0.2, -0.15) is 0 Å². The zero-order chi connectivity index (χ0) is 23.4. The Balaban J connectivity index is 1.57. The van der Waals surface area contributed by atoms with Gasteiger partial charge in [0.25, 0.3) is 0 Å². The summed E-state index contributed by atoms with van der Waals surface area (Å²) in [6.07, 6.45) is 5.93. The Morgan fingerprint density at radius 1 is 1.15 bits per heavy atom. The van der Waals surface area contributed by atoms with Gasteiger partial charge in [-0.25, -0.2) is 9.97 Å². The van der Waals surface area contributed by atoms with Crippen LogP contribution in [0.4, 0.5) is 5.82 Å². The van der Waals surface area contributed by atoms with Crippen LogP contribution in [0.1, 0.15) is 68.4 Å². The van der Waals surface area contributed by atoms with Gasteiger partial charge in [-0.1, -0.05) is 43.2 Å². The van der Waals surface area contributed by atoms with E-state index < -0.39 is 5.41 Å². The summed E-state index contributed by atoms with van der Waals surface area (Å²) < 4.78 is 0. The maximum absolute atomic E-state index is 13.9. The van der Waals surface area contributed by atoms with E-state index >= 15 is 0 Å². The minimum Gasteiger partial charge on any atom is -0.373 e. The molecule has 2 aliphatic rings. The van der Waals surface area contributed by atoms with Gasteiger partial charge in [0.1, 0.15) is 11.6 Å². The minimum absolute atomic E-state index is 0.00150. The van der Waals surface area contributed by atoms with E-state index in [-0.39, 0.29) is 17.7 Å². The molecule has 1 aliphatic heterocycles. The molecular formula is C26H35N5O2. The molecule has 7 nitrogen and oxygen atoms in total. The standard InChI is InChI=1S/C26H35N5O2/c1-19(32)30(3)18-22-16-23(27-2)29-24(28-22)20-10-9-15-31(17-20)25(33)26(13-7-8-14-26)21-11-5-4-6-12-21/h4-6,11-12,16,20H,7-10,13-15,17-18H2,1-3H3,(H,27,28,29)/t20-/m1/s1. The van der Waals surface area contributed by atoms with Gasteiger partial charge < -0.3 is 15.1 Å². The lowest BCUT2D eigenvalue weighted by atomic mass is 9.77. The smallest absolute Gasteiger partial charge is 0.233 e. The number of anilines is 1. The Kier molecular flexibility index (Phi) is 6.96. The highest BCUT2D eigenvalue weighted by Crippen LogP contribution is 2.43. The quantitative estimate of drug-likeness (QED) is 0.727. The van der Waals surface area contributed by atoms with Crippen LogP contribution in [0.2, 0.25) is 0 Å². The second-order valence-electron chi connectivity index (χ2n) is 9.47. The third-order valence-electron chi connectivity index (χ3n) is 7.26. The summed E-state index contributed by atoms with van der Waals surface area (Å²) in [6.45, 7) is 3.42. The second kappa shape index (κ2) is 9.89. The first-order valence-electron chi connectivity index (χ1n) is 12.0. The van der Waals surface area contributed by atoms with Crippen molar-refractivity contribution in [3.8, 4) is 0 Å². The Bertz CT molecular complexity index is 987. The zero-order valence-electron chi connectivity index (χ0n) is 20.0. The maximum atomic E-state index is 13.9. The van der Waals surface area contributed by atoms with Crippen LogP contribution in [0.5, 0.6) is 0 Å². The molecule has 1 aliphatic carbocycles. The van der Waals surface area contributed by atoms with Crippen LogP contribution in [0.3, 0.4) is 0 Å². The molecule has 0 bridgehead atoms. The van der Waals surface area contributed by atoms with Crippen LogP contribution in [0.15, 0.2) is 36.4 Å². The summed E-state index contributed by atoms with van der Waals surface area (Å²) >= 11 is 0. The number of benzene rings is 1. The molecule has 1 atom stereocenters. The average Bonchev–Trinajstić information content (AvgIpc) is 3.35. The Labute approximate surface area is 196 Å². The first-order valence-corrected chi connectivity index (χ1v) is 12.0. The summed E-state index contributed by atoms with van der Waals surface area (Å²) in [5.74, 6) is 1.85. The molecule has 2 fully saturated rings. The van der Waals surface area contributed by atoms with Gasteiger partial charge in [0.2, 0.25) is 11.8 Å². The molecule has 1 aromatic heterocycles. The van der Waals surface area contributed by atoms with Crippen molar-refractivity contribution in [1.82, 2.24) is 19.8 Å². The number of piperidine rings is 1. The summed E-state index contributed by atoms with van der Waals surface area (Å²) in [7, 11) is 3.61. The van der Waals surface area contributed by atoms with E-state index in [0.717, 1.165) is 68.0 Å². The molecule has 1 aromatic carbocycles. The van der Waals surface area contributed by atoms with Crippen molar-refractivity contribution < 1.29 is 9.59 Å². The monoisotopic (exact) mass is 449 g/mol. The van der Waals surface area contributed by atoms with Crippen molar-refractivity contribution >= 4 is 17.6 Å². The summed E-state index contributed by atoms with van der Waals surface area (Å²) in [5, 5.41) is 3.12. The van der Waals surface area contributed by atoms with Gasteiger partial charge in [-0.15, -0.1) is 0 Å². The van der Waals surface area contributed by atoms with Gasteiger partial charge in [0.15, 0.2) is 0 Å². The number of nitrogens with zero attached hydrogens (tertiary/aromatic N) is 4. The Hall–Kier alpha value is -2.96. The highest BCUT2D eigenvalue weighted by atomic mass is 16.2. The maximum Gasteiger partial charge on any atom is 0.233 e. The van der Waals surface area contributed by atoms with Crippen LogP contribution in [-0.2, 0) is 21.5 Å². The van der Waals surface area contributed by atoms with Crippen LogP contribution >= 0.6 is 0 Å². The van der Waals surface area contributed by atoms with Gasteiger partial charge >= 0.3 is 0 Å². The molecule has 0 spiro atoms. The zero-order valence-corrected chi connectivity index (χ0v) is 20.0. The molecule has 0 radical (unpaired) electrons. The van der Waals surface area contributed by atoms with E-state index in [1.54, 1.807) is 18.9 Å². The topological polar surface area (TPSA) is 78.4 Å². The average molecular weight is 450 g/mol. The largest absolute Gasteiger partial charge is 0.373 e. The fraction of sp³-hybridized carbons (Fsp3) is 0.538. The normalized spacial score (nSPS) is 19.8. The van der Waals surface area contributed by atoms with Crippen LogP contribution in [-0.4, -0.2) is 58.8 Å². The first-order chi connectivity index (χ1) is 15.9. The molecule has 176 valence electrons. The Morgan fingerprint density at radius 3 is 2.55 bits per heavy atom. The van der Waals surface area contributed by atoms with E-state index in [9.17, 15) is 9.59 Å². The fourth-order valence-electron chi connectivity index (χ4n) is 5.30. The number of nitrogens with one attached hydrogen (secondary N) is 1. The number of hydrogen-bond acceptors (Lipinski definition) is 5. The van der Waals surface area contributed by atoms with Gasteiger partial charge in [-0.05, 0) is 31.2 Å². The lowest BCUT2D eigenvalue weighted by molar-refractivity contribution is -0.138. The number of rotatable bonds is 6. The molecule has 33 heavy (non-hydrogen) atoms. The molecule has 2 heterocycles. The minimum atomic E-state index is -0.397. The van der Waals surface area contributed by atoms with E-state index in [2.05, 4.69) is 22.3 Å². The lowest BCUT2D eigenvalue weighted by Crippen LogP contribution is -2.49. The fourth-order valence-corrected chi connectivity index (χ4v) is 5.30. The number of carbonyl (C=O) groups excluding carboxylic acids is 2. The van der Waals surface area contributed by atoms with Crippen molar-refractivity contribution in [3.05, 3.63) is 53.5 Å². The predicted octanol–water partition coefficient (Wildman–Crippen LogP) is 3.71. The lowest BCUT2D eigenvalue weighted by Gasteiger charge is -2.39. The molecule has 1 saturated heterocycles. The molecular weight excluding hydrogens is 414 g/mol. The van der Waals surface area contributed by atoms with Gasteiger partial charge in [0.05, 0.1) is 17.7 Å². The molecule has 1 N–H and O–H groups in total. The molecule has 4 rings (SSSR count). The van der Waals surface area contributed by atoms with E-state index in [0.29, 0.717) is 13.1 Å². The number of aromatic nitrogens is 2. The summed E-state index contributed by atoms with van der Waals surface area (Å²) in [6, 6.07) is 12.2. The van der Waals surface area contributed by atoms with Crippen molar-refractivity contribution in [2.45, 2.75) is 63.3 Å². The van der Waals surface area contributed by atoms with E-state index in [1.807, 2.05) is 31.3 Å².